The van der Waals surface area contributed by atoms with E-state index in [2.05, 4.69) is 53.2 Å². The molecule has 0 aliphatic carbocycles. The first kappa shape index (κ1) is 68.9. The van der Waals surface area contributed by atoms with Crippen molar-refractivity contribution in [2.45, 2.75) is 113 Å². The number of aromatic hydroxyl groups is 1. The molecule has 4 rings (SSSR count). The highest BCUT2D eigenvalue weighted by atomic mass is 33.1. The number of nitrogens with two attached hydrogens (primary N) is 5. The minimum atomic E-state index is -1.87. The van der Waals surface area contributed by atoms with Crippen molar-refractivity contribution in [2.75, 3.05) is 50.8 Å². The van der Waals surface area contributed by atoms with Gasteiger partial charge in [0, 0.05) is 37.3 Å². The number of phenols is 1. The molecule has 21 N–H and O–H groups in total. The van der Waals surface area contributed by atoms with Gasteiger partial charge in [-0.3, -0.25) is 67.1 Å². The minimum Gasteiger partial charge on any atom is -0.508 e. The van der Waals surface area contributed by atoms with Gasteiger partial charge in [0.2, 0.25) is 82.7 Å². The number of amides is 14. The van der Waals surface area contributed by atoms with Crippen LogP contribution in [0.1, 0.15) is 62.5 Å². The van der Waals surface area contributed by atoms with E-state index in [0.717, 1.165) is 26.5 Å². The summed E-state index contributed by atoms with van der Waals surface area (Å²) in [6.07, 6.45) is -1.13. The average Bonchev–Trinajstić information content (AvgIpc) is 4.23. The summed E-state index contributed by atoms with van der Waals surface area (Å²) < 4.78 is 0. The molecule has 1 unspecified atom stereocenters. The van der Waals surface area contributed by atoms with Gasteiger partial charge in [-0.05, 0) is 68.3 Å². The van der Waals surface area contributed by atoms with E-state index in [1.165, 1.54) is 24.3 Å². The van der Waals surface area contributed by atoms with Crippen LogP contribution >= 0.6 is 21.6 Å². The summed E-state index contributed by atoms with van der Waals surface area (Å²) >= 11 is 0. The third-order valence-electron chi connectivity index (χ3n) is 13.0. The van der Waals surface area contributed by atoms with Gasteiger partial charge < -0.3 is 91.8 Å². The van der Waals surface area contributed by atoms with Crippen molar-refractivity contribution in [3.63, 3.8) is 0 Å². The standard InChI is InChI=1S/C52H74N16O15S2/c53-17-5-4-9-31(45(76)60-23-41(57)72)63-51(82)38-10-6-18-68(38)52(83)37-27-85-84-26-36(61-44(75)25-59-43(74)24-58-42(73)22-54)50(81)65-34(20-29-11-13-30(69)14-12-29)48(79)64-33(19-28-7-2-1-3-8-28)47(78)62-32(15-16-39(55)70)46(77)66-35(21-40(56)71)49(80)67-37/h1-3,7-8,11-14,31-38,69H,4-6,9-10,15-27,53-54H2,(H2,55,70)(H2,56,71)(H2,57,72)(H,58,73)(H,59,74)(H,60,76)(H,61,75)(H,62,78)(H,63,82)(H,64,79)(H,65,81)(H,66,77)(H,67,80)/t31-,32-,33?,34-,35-,36-,37-,38-/m0/s1. The predicted octanol–water partition coefficient (Wildman–Crippen LogP) is -6.98. The molecule has 2 aliphatic heterocycles. The number of hydrogen-bond acceptors (Lipinski definition) is 19. The van der Waals surface area contributed by atoms with Crippen molar-refractivity contribution in [3.8, 4) is 5.75 Å². The van der Waals surface area contributed by atoms with Crippen LogP contribution in [0.5, 0.6) is 5.75 Å². The van der Waals surface area contributed by atoms with E-state index in [9.17, 15) is 72.2 Å². The molecule has 2 fully saturated rings. The second-order valence-electron chi connectivity index (χ2n) is 19.7. The Bertz CT molecular complexity index is 2730. The van der Waals surface area contributed by atoms with Crippen LogP contribution in [0.4, 0.5) is 0 Å². The van der Waals surface area contributed by atoms with Gasteiger partial charge in [0.25, 0.3) is 0 Å². The van der Waals surface area contributed by atoms with E-state index in [1.807, 2.05) is 0 Å². The Morgan fingerprint density at radius 3 is 1.82 bits per heavy atom. The van der Waals surface area contributed by atoms with E-state index in [4.69, 9.17) is 28.7 Å². The van der Waals surface area contributed by atoms with Gasteiger partial charge in [-0.2, -0.15) is 0 Å². The van der Waals surface area contributed by atoms with E-state index >= 15 is 0 Å². The number of likely N-dealkylation sites (tertiary alicyclic amines) is 1. The van der Waals surface area contributed by atoms with Crippen molar-refractivity contribution in [1.82, 2.24) is 58.1 Å². The molecule has 8 atom stereocenters. The highest BCUT2D eigenvalue weighted by molar-refractivity contribution is 8.76. The number of benzene rings is 2. The smallest absolute Gasteiger partial charge is 0.246 e. The zero-order chi connectivity index (χ0) is 62.6. The Morgan fingerprint density at radius 1 is 0.624 bits per heavy atom. The zero-order valence-corrected chi connectivity index (χ0v) is 48.0. The molecule has 2 heterocycles. The fraction of sp³-hybridized carbons (Fsp3) is 0.500. The number of unbranched alkanes of at least 4 members (excludes halogenated alkanes) is 1. The summed E-state index contributed by atoms with van der Waals surface area (Å²) in [6.45, 7) is -2.01. The Hall–Kier alpha value is -8.56. The molecule has 0 bridgehead atoms. The van der Waals surface area contributed by atoms with Crippen LogP contribution in [-0.4, -0.2) is 192 Å². The Balaban J connectivity index is 1.81. The number of nitrogens with zero attached hydrogens (tertiary/aromatic N) is 1. The molecule has 33 heteroatoms. The van der Waals surface area contributed by atoms with Crippen molar-refractivity contribution >= 4 is 104 Å². The second kappa shape index (κ2) is 35.5. The maximum absolute atomic E-state index is 14.8. The molecule has 0 spiro atoms. The molecule has 0 radical (unpaired) electrons. The minimum absolute atomic E-state index is 0.0517. The lowest BCUT2D eigenvalue weighted by atomic mass is 10.0. The quantitative estimate of drug-likeness (QED) is 0.0324. The normalized spacial score (nSPS) is 21.2. The van der Waals surface area contributed by atoms with Crippen molar-refractivity contribution in [2.24, 2.45) is 28.7 Å². The number of carbonyl (C=O) groups is 14. The van der Waals surface area contributed by atoms with Crippen LogP contribution in [0.25, 0.3) is 0 Å². The molecule has 0 saturated carbocycles. The van der Waals surface area contributed by atoms with E-state index in [1.54, 1.807) is 30.3 Å². The number of rotatable bonds is 25. The van der Waals surface area contributed by atoms with Gasteiger partial charge in [-0.25, -0.2) is 0 Å². The third-order valence-corrected chi connectivity index (χ3v) is 15.4. The van der Waals surface area contributed by atoms with Crippen LogP contribution in [0, 0.1) is 0 Å². The van der Waals surface area contributed by atoms with Crippen LogP contribution in [0.2, 0.25) is 0 Å². The molecular weight excluding hydrogens is 1150 g/mol. The summed E-state index contributed by atoms with van der Waals surface area (Å²) in [5, 5.41) is 34.8. The fourth-order valence-electron chi connectivity index (χ4n) is 8.62. The van der Waals surface area contributed by atoms with Gasteiger partial charge in [-0.15, -0.1) is 0 Å². The number of primary amides is 3. The summed E-state index contributed by atoms with van der Waals surface area (Å²) in [4.78, 5) is 190. The summed E-state index contributed by atoms with van der Waals surface area (Å²) in [7, 11) is 1.73. The third kappa shape index (κ3) is 24.3. The van der Waals surface area contributed by atoms with Gasteiger partial charge in [-0.1, -0.05) is 64.1 Å². The number of hydrogen-bond donors (Lipinski definition) is 16. The maximum atomic E-state index is 14.8. The highest BCUT2D eigenvalue weighted by Crippen LogP contribution is 2.26. The first-order chi connectivity index (χ1) is 40.5. The molecule has 31 nitrogen and oxygen atoms in total. The van der Waals surface area contributed by atoms with Crippen LogP contribution in [0.3, 0.4) is 0 Å². The molecule has 2 aromatic carbocycles. The molecule has 0 aromatic heterocycles. The maximum Gasteiger partial charge on any atom is 0.246 e. The van der Waals surface area contributed by atoms with Gasteiger partial charge in [0.15, 0.2) is 0 Å². The highest BCUT2D eigenvalue weighted by Gasteiger charge is 2.41. The molecular formula is C52H74N16O15S2. The summed E-state index contributed by atoms with van der Waals surface area (Å²) in [5.74, 6) is -13.8. The van der Waals surface area contributed by atoms with Crippen LogP contribution in [0.15, 0.2) is 54.6 Å². The lowest BCUT2D eigenvalue weighted by Crippen LogP contribution is -2.61. The average molecular weight is 1230 g/mol. The van der Waals surface area contributed by atoms with E-state index < -0.39 is 182 Å². The van der Waals surface area contributed by atoms with Crippen molar-refractivity contribution in [3.05, 3.63) is 65.7 Å². The summed E-state index contributed by atoms with van der Waals surface area (Å²) in [5.41, 5.74) is 28.1. The molecule has 14 amide bonds. The number of carbonyl (C=O) groups excluding carboxylic acids is 14. The van der Waals surface area contributed by atoms with E-state index in [0.29, 0.717) is 24.0 Å². The first-order valence-electron chi connectivity index (χ1n) is 27.0. The van der Waals surface area contributed by atoms with Crippen molar-refractivity contribution < 1.29 is 72.2 Å². The van der Waals surface area contributed by atoms with Crippen LogP contribution in [-0.2, 0) is 80.0 Å². The summed E-state index contributed by atoms with van der Waals surface area (Å²) in [6, 6.07) is 1.48. The first-order valence-corrected chi connectivity index (χ1v) is 29.5. The lowest BCUT2D eigenvalue weighted by molar-refractivity contribution is -0.142. The number of nitrogens with one attached hydrogen (secondary N) is 10. The molecule has 85 heavy (non-hydrogen) atoms. The number of phenolic OH excluding ortho intramolecular Hbond substituents is 1. The zero-order valence-electron chi connectivity index (χ0n) is 46.4. The van der Waals surface area contributed by atoms with Gasteiger partial charge in [0.05, 0.1) is 32.6 Å². The Morgan fingerprint density at radius 2 is 1.20 bits per heavy atom. The monoisotopic (exact) mass is 1230 g/mol. The lowest BCUT2D eigenvalue weighted by Gasteiger charge is -2.31. The van der Waals surface area contributed by atoms with E-state index in [-0.39, 0.29) is 56.7 Å². The van der Waals surface area contributed by atoms with Gasteiger partial charge in [0.1, 0.15) is 54.1 Å². The molecule has 2 saturated heterocycles. The Kier molecular flexibility index (Phi) is 28.8. The van der Waals surface area contributed by atoms with Crippen molar-refractivity contribution in [1.29, 1.82) is 0 Å². The fourth-order valence-corrected chi connectivity index (χ4v) is 10.9. The topological polar surface area (TPSA) is 513 Å². The van der Waals surface area contributed by atoms with Crippen LogP contribution < -0.4 is 81.8 Å². The largest absolute Gasteiger partial charge is 0.508 e. The SMILES string of the molecule is NCCCC[C@H](NC(=O)[C@@H]1CCCN1C(=O)[C@@H]1CSSC[C@H](NC(=O)CNC(=O)CNC(=O)CN)C(=O)N[C@@H](Cc2ccc(O)cc2)C(=O)NC(Cc2ccccc2)C(=O)N[C@@H](CCC(N)=O)C(=O)N[C@@H](CC(N)=O)C(=O)N1)C(=O)NCC(N)=O. The molecule has 464 valence electrons. The predicted molar refractivity (Wildman–Crippen MR) is 308 cm³/mol. The van der Waals surface area contributed by atoms with Gasteiger partial charge >= 0.3 is 0 Å². The molecule has 2 aliphatic rings. The molecule has 2 aromatic rings. The second-order valence-corrected chi connectivity index (χ2v) is 22.3. The Labute approximate surface area is 496 Å².